The number of amides is 1. The van der Waals surface area contributed by atoms with E-state index in [9.17, 15) is 18.0 Å². The summed E-state index contributed by atoms with van der Waals surface area (Å²) in [6.07, 6.45) is -1.51. The highest BCUT2D eigenvalue weighted by atomic mass is 19.4. The van der Waals surface area contributed by atoms with Crippen LogP contribution >= 0.6 is 0 Å². The molecule has 1 amide bonds. The van der Waals surface area contributed by atoms with Crippen molar-refractivity contribution < 1.29 is 18.0 Å². The van der Waals surface area contributed by atoms with E-state index in [0.717, 1.165) is 26.1 Å². The van der Waals surface area contributed by atoms with Crippen LogP contribution in [-0.2, 0) is 4.79 Å². The first-order chi connectivity index (χ1) is 9.95. The number of alkyl halides is 3. The molecular weight excluding hydrogens is 283 g/mol. The van der Waals surface area contributed by atoms with Crippen molar-refractivity contribution in [2.45, 2.75) is 43.9 Å². The number of rotatable bonds is 1. The molecule has 0 aromatic carbocycles. The summed E-state index contributed by atoms with van der Waals surface area (Å²) in [7, 11) is 0. The lowest BCUT2D eigenvalue weighted by molar-refractivity contribution is -0.181. The van der Waals surface area contributed by atoms with Crippen LogP contribution in [0.25, 0.3) is 0 Å². The Morgan fingerprint density at radius 1 is 1.10 bits per heavy atom. The lowest BCUT2D eigenvalue weighted by Crippen LogP contribution is -2.58. The summed E-state index contributed by atoms with van der Waals surface area (Å²) in [5.41, 5.74) is 0. The number of nitrogens with one attached hydrogen (secondary N) is 1. The van der Waals surface area contributed by atoms with Crippen LogP contribution in [0.3, 0.4) is 0 Å². The van der Waals surface area contributed by atoms with Gasteiger partial charge in [0, 0.05) is 32.2 Å². The van der Waals surface area contributed by atoms with Gasteiger partial charge in [0.1, 0.15) is 0 Å². The van der Waals surface area contributed by atoms with E-state index in [1.807, 2.05) is 4.90 Å². The third kappa shape index (κ3) is 3.18. The molecule has 3 unspecified atom stereocenters. The second-order valence-electron chi connectivity index (χ2n) is 6.39. The van der Waals surface area contributed by atoms with Gasteiger partial charge >= 0.3 is 6.18 Å². The zero-order chi connectivity index (χ0) is 15.0. The third-order valence-corrected chi connectivity index (χ3v) is 5.07. The molecule has 21 heavy (non-hydrogen) atoms. The molecule has 0 bridgehead atoms. The molecule has 3 atom stereocenters. The van der Waals surface area contributed by atoms with Crippen LogP contribution in [-0.4, -0.2) is 66.7 Å². The Bertz CT molecular complexity index is 393. The fourth-order valence-corrected chi connectivity index (χ4v) is 3.76. The maximum absolute atomic E-state index is 12.6. The zero-order valence-corrected chi connectivity index (χ0v) is 12.0. The predicted molar refractivity (Wildman–Crippen MR) is 71.7 cm³/mol. The van der Waals surface area contributed by atoms with E-state index >= 15 is 0 Å². The summed E-state index contributed by atoms with van der Waals surface area (Å²) < 4.78 is 37.9. The van der Waals surface area contributed by atoms with Gasteiger partial charge in [0.25, 0.3) is 0 Å². The molecule has 0 radical (unpaired) electrons. The second kappa shape index (κ2) is 5.76. The molecule has 1 N–H and O–H groups in total. The minimum Gasteiger partial charge on any atom is -0.338 e. The lowest BCUT2D eigenvalue weighted by atomic mass is 9.93. The van der Waals surface area contributed by atoms with E-state index in [0.29, 0.717) is 12.6 Å². The van der Waals surface area contributed by atoms with Crippen molar-refractivity contribution in [3.05, 3.63) is 0 Å². The van der Waals surface area contributed by atoms with E-state index in [1.54, 1.807) is 0 Å². The Morgan fingerprint density at radius 2 is 1.90 bits per heavy atom. The van der Waals surface area contributed by atoms with Crippen molar-refractivity contribution in [2.24, 2.45) is 5.92 Å². The first kappa shape index (κ1) is 15.1. The number of piperazine rings is 1. The Labute approximate surface area is 122 Å². The number of carbonyl (C=O) groups is 1. The third-order valence-electron chi connectivity index (χ3n) is 5.07. The minimum atomic E-state index is -4.16. The fourth-order valence-electron chi connectivity index (χ4n) is 3.76. The predicted octanol–water partition coefficient (Wildman–Crippen LogP) is 1.22. The molecule has 3 aliphatic heterocycles. The van der Waals surface area contributed by atoms with Gasteiger partial charge in [-0.25, -0.2) is 0 Å². The quantitative estimate of drug-likeness (QED) is 0.791. The Balaban J connectivity index is 1.52. The summed E-state index contributed by atoms with van der Waals surface area (Å²) in [6, 6.07) is 0.0192. The van der Waals surface area contributed by atoms with Crippen LogP contribution < -0.4 is 5.32 Å². The fraction of sp³-hybridized carbons (Fsp3) is 0.929. The van der Waals surface area contributed by atoms with Gasteiger partial charge in [0.05, 0.1) is 12.0 Å². The Hall–Kier alpha value is -0.820. The average Bonchev–Trinajstić information content (AvgIpc) is 2.93. The molecule has 0 spiro atoms. The van der Waals surface area contributed by atoms with Crippen molar-refractivity contribution in [2.75, 3.05) is 32.7 Å². The van der Waals surface area contributed by atoms with Gasteiger partial charge in [0.15, 0.2) is 0 Å². The number of carbonyl (C=O) groups excluding carboxylic acids is 1. The van der Waals surface area contributed by atoms with Gasteiger partial charge in [0.2, 0.25) is 5.91 Å². The molecule has 3 heterocycles. The molecule has 0 aromatic heterocycles. The van der Waals surface area contributed by atoms with Crippen LogP contribution in [0, 0.1) is 5.92 Å². The van der Waals surface area contributed by atoms with E-state index in [2.05, 4.69) is 10.2 Å². The van der Waals surface area contributed by atoms with Crippen LogP contribution in [0.15, 0.2) is 0 Å². The number of fused-ring (bicyclic) bond motifs is 1. The summed E-state index contributed by atoms with van der Waals surface area (Å²) in [6.45, 7) is 3.31. The number of halogens is 3. The minimum absolute atomic E-state index is 0.0119. The van der Waals surface area contributed by atoms with Crippen LogP contribution in [0.2, 0.25) is 0 Å². The van der Waals surface area contributed by atoms with Crippen molar-refractivity contribution in [3.63, 3.8) is 0 Å². The number of hydrogen-bond acceptors (Lipinski definition) is 3. The van der Waals surface area contributed by atoms with E-state index < -0.39 is 18.1 Å². The highest BCUT2D eigenvalue weighted by Crippen LogP contribution is 2.32. The standard InChI is InChI=1S/C14H22F3N3O/c15-14(16,17)10-3-4-12(18-8-10)13(21)20-7-6-19-5-1-2-11(19)9-20/h10-12,18H,1-9H2. The van der Waals surface area contributed by atoms with Gasteiger partial charge in [-0.05, 0) is 32.2 Å². The molecule has 4 nitrogen and oxygen atoms in total. The summed E-state index contributed by atoms with van der Waals surface area (Å²) in [5.74, 6) is -1.32. The molecule has 120 valence electrons. The van der Waals surface area contributed by atoms with Crippen LogP contribution in [0.5, 0.6) is 0 Å². The molecule has 3 rings (SSSR count). The van der Waals surface area contributed by atoms with E-state index in [-0.39, 0.29) is 25.3 Å². The molecule has 3 fully saturated rings. The molecule has 7 heteroatoms. The molecule has 3 aliphatic rings. The van der Waals surface area contributed by atoms with Gasteiger partial charge in [-0.15, -0.1) is 0 Å². The van der Waals surface area contributed by atoms with E-state index in [4.69, 9.17) is 0 Å². The van der Waals surface area contributed by atoms with E-state index in [1.165, 1.54) is 6.42 Å². The summed E-state index contributed by atoms with van der Waals surface area (Å²) in [4.78, 5) is 16.7. The van der Waals surface area contributed by atoms with Crippen molar-refractivity contribution in [3.8, 4) is 0 Å². The van der Waals surface area contributed by atoms with Crippen LogP contribution in [0.1, 0.15) is 25.7 Å². The first-order valence-electron chi connectivity index (χ1n) is 7.78. The number of piperidine rings is 1. The Morgan fingerprint density at radius 3 is 2.57 bits per heavy atom. The van der Waals surface area contributed by atoms with Crippen molar-refractivity contribution in [1.29, 1.82) is 0 Å². The van der Waals surface area contributed by atoms with Crippen LogP contribution in [0.4, 0.5) is 13.2 Å². The number of hydrogen-bond donors (Lipinski definition) is 1. The second-order valence-corrected chi connectivity index (χ2v) is 6.39. The van der Waals surface area contributed by atoms with Crippen molar-refractivity contribution >= 4 is 5.91 Å². The lowest BCUT2D eigenvalue weighted by Gasteiger charge is -2.40. The topological polar surface area (TPSA) is 35.6 Å². The monoisotopic (exact) mass is 305 g/mol. The molecule has 3 saturated heterocycles. The first-order valence-corrected chi connectivity index (χ1v) is 7.78. The normalized spacial score (nSPS) is 34.8. The largest absolute Gasteiger partial charge is 0.393 e. The maximum Gasteiger partial charge on any atom is 0.393 e. The average molecular weight is 305 g/mol. The van der Waals surface area contributed by atoms with Gasteiger partial charge < -0.3 is 10.2 Å². The highest BCUT2D eigenvalue weighted by Gasteiger charge is 2.43. The molecule has 0 aliphatic carbocycles. The molecular formula is C14H22F3N3O. The number of nitrogens with zero attached hydrogens (tertiary/aromatic N) is 2. The SMILES string of the molecule is O=C(C1CCC(C(F)(F)F)CN1)N1CCN2CCCC2C1. The summed E-state index contributed by atoms with van der Waals surface area (Å²) >= 11 is 0. The molecule has 0 aromatic rings. The summed E-state index contributed by atoms with van der Waals surface area (Å²) in [5, 5.41) is 2.81. The maximum atomic E-state index is 12.6. The van der Waals surface area contributed by atoms with Gasteiger partial charge in [-0.2, -0.15) is 13.2 Å². The van der Waals surface area contributed by atoms with Gasteiger partial charge in [-0.1, -0.05) is 0 Å². The highest BCUT2D eigenvalue weighted by molar-refractivity contribution is 5.82. The zero-order valence-electron chi connectivity index (χ0n) is 12.0. The molecule has 0 saturated carbocycles. The van der Waals surface area contributed by atoms with Crippen molar-refractivity contribution in [1.82, 2.24) is 15.1 Å². The smallest absolute Gasteiger partial charge is 0.338 e. The van der Waals surface area contributed by atoms with Gasteiger partial charge in [-0.3, -0.25) is 9.69 Å². The Kier molecular flexibility index (Phi) is 4.14.